The average molecular weight is 263 g/mol. The van der Waals surface area contributed by atoms with E-state index in [0.29, 0.717) is 19.6 Å². The van der Waals surface area contributed by atoms with Crippen LogP contribution in [0.1, 0.15) is 37.3 Å². The quantitative estimate of drug-likeness (QED) is 0.830. The first kappa shape index (κ1) is 13.9. The zero-order valence-corrected chi connectivity index (χ0v) is 11.4. The summed E-state index contributed by atoms with van der Waals surface area (Å²) in [6.45, 7) is 1.34. The van der Waals surface area contributed by atoms with Crippen molar-refractivity contribution >= 4 is 5.91 Å². The summed E-state index contributed by atoms with van der Waals surface area (Å²) in [5, 5.41) is 3.10. The Morgan fingerprint density at radius 1 is 1.47 bits per heavy atom. The van der Waals surface area contributed by atoms with Crippen molar-refractivity contribution in [2.24, 2.45) is 0 Å². The largest absolute Gasteiger partial charge is 0.493 e. The number of methoxy groups -OCH3 is 1. The Labute approximate surface area is 114 Å². The van der Waals surface area contributed by atoms with Crippen molar-refractivity contribution in [1.29, 1.82) is 0 Å². The van der Waals surface area contributed by atoms with Crippen molar-refractivity contribution < 1.29 is 14.3 Å². The lowest BCUT2D eigenvalue weighted by molar-refractivity contribution is -0.122. The highest BCUT2D eigenvalue weighted by atomic mass is 16.5. The Morgan fingerprint density at radius 3 is 3.16 bits per heavy atom. The fourth-order valence-electron chi connectivity index (χ4n) is 2.32. The molecular weight excluding hydrogens is 242 g/mol. The molecule has 104 valence electrons. The highest BCUT2D eigenvalue weighted by Crippen LogP contribution is 2.31. The maximum absolute atomic E-state index is 11.9. The van der Waals surface area contributed by atoms with Gasteiger partial charge >= 0.3 is 0 Å². The molecule has 0 fully saturated rings. The molecule has 1 aliphatic heterocycles. The van der Waals surface area contributed by atoms with Crippen LogP contribution in [-0.4, -0.2) is 26.2 Å². The number of carbonyl (C=O) groups excluding carboxylic acids is 1. The van der Waals surface area contributed by atoms with Gasteiger partial charge in [-0.05, 0) is 25.3 Å². The third-order valence-electron chi connectivity index (χ3n) is 3.28. The number of carbonyl (C=O) groups is 1. The molecule has 1 aromatic rings. The van der Waals surface area contributed by atoms with Crippen LogP contribution in [0.2, 0.25) is 0 Å². The van der Waals surface area contributed by atoms with Crippen LogP contribution in [-0.2, 0) is 9.53 Å². The third-order valence-corrected chi connectivity index (χ3v) is 3.28. The fourth-order valence-corrected chi connectivity index (χ4v) is 2.32. The second-order valence-corrected chi connectivity index (χ2v) is 4.74. The Bertz CT molecular complexity index is 420. The molecule has 0 aromatic heterocycles. The van der Waals surface area contributed by atoms with E-state index < -0.39 is 0 Å². The highest BCUT2D eigenvalue weighted by Gasteiger charge is 2.20. The van der Waals surface area contributed by atoms with Crippen LogP contribution in [0.25, 0.3) is 0 Å². The van der Waals surface area contributed by atoms with Crippen molar-refractivity contribution in [1.82, 2.24) is 5.32 Å². The lowest BCUT2D eigenvalue weighted by Crippen LogP contribution is -2.28. The van der Waals surface area contributed by atoms with Gasteiger partial charge in [0.15, 0.2) is 0 Å². The van der Waals surface area contributed by atoms with Crippen molar-refractivity contribution in [3.8, 4) is 5.75 Å². The van der Waals surface area contributed by atoms with Crippen molar-refractivity contribution in [2.45, 2.75) is 31.7 Å². The van der Waals surface area contributed by atoms with Gasteiger partial charge in [-0.25, -0.2) is 0 Å². The zero-order valence-electron chi connectivity index (χ0n) is 11.4. The van der Waals surface area contributed by atoms with Crippen molar-refractivity contribution in [3.05, 3.63) is 29.8 Å². The molecule has 0 bridgehead atoms. The van der Waals surface area contributed by atoms with E-state index in [1.165, 1.54) is 0 Å². The van der Waals surface area contributed by atoms with Gasteiger partial charge in [0, 0.05) is 25.7 Å². The van der Waals surface area contributed by atoms with Gasteiger partial charge in [0.05, 0.1) is 12.6 Å². The maximum Gasteiger partial charge on any atom is 0.220 e. The molecule has 1 atom stereocenters. The van der Waals surface area contributed by atoms with E-state index in [0.717, 1.165) is 30.6 Å². The van der Waals surface area contributed by atoms with E-state index in [1.54, 1.807) is 7.11 Å². The highest BCUT2D eigenvalue weighted by molar-refractivity contribution is 5.76. The molecule has 0 saturated carbocycles. The average Bonchev–Trinajstić information content (AvgIpc) is 2.62. The van der Waals surface area contributed by atoms with Crippen LogP contribution in [0.15, 0.2) is 24.3 Å². The van der Waals surface area contributed by atoms with E-state index >= 15 is 0 Å². The first-order valence-corrected chi connectivity index (χ1v) is 6.81. The summed E-state index contributed by atoms with van der Waals surface area (Å²) in [6, 6.07) is 8.00. The van der Waals surface area contributed by atoms with Crippen LogP contribution in [0.3, 0.4) is 0 Å². The number of fused-ring (bicyclic) bond motifs is 1. The molecule has 1 unspecified atom stereocenters. The van der Waals surface area contributed by atoms with Crippen LogP contribution < -0.4 is 10.1 Å². The monoisotopic (exact) mass is 263 g/mol. The van der Waals surface area contributed by atoms with Gasteiger partial charge < -0.3 is 14.8 Å². The number of rotatable bonds is 5. The molecule has 0 spiro atoms. The number of para-hydroxylation sites is 1. The zero-order chi connectivity index (χ0) is 13.5. The fraction of sp³-hybridized carbons (Fsp3) is 0.533. The van der Waals surface area contributed by atoms with Crippen LogP contribution in [0, 0.1) is 0 Å². The lowest BCUT2D eigenvalue weighted by atomic mass is 10.0. The van der Waals surface area contributed by atoms with E-state index in [2.05, 4.69) is 5.32 Å². The maximum atomic E-state index is 11.9. The molecule has 1 heterocycles. The van der Waals surface area contributed by atoms with E-state index in [4.69, 9.17) is 9.47 Å². The summed E-state index contributed by atoms with van der Waals surface area (Å²) in [5.74, 6) is 0.973. The number of amides is 1. The van der Waals surface area contributed by atoms with Gasteiger partial charge in [-0.3, -0.25) is 4.79 Å². The van der Waals surface area contributed by atoms with E-state index in [-0.39, 0.29) is 11.9 Å². The smallest absolute Gasteiger partial charge is 0.220 e. The molecule has 2 rings (SSSR count). The minimum absolute atomic E-state index is 0.0637. The number of ether oxygens (including phenoxy) is 2. The Morgan fingerprint density at radius 2 is 2.32 bits per heavy atom. The third kappa shape index (κ3) is 3.96. The minimum atomic E-state index is 0.0637. The second kappa shape index (κ2) is 7.14. The van der Waals surface area contributed by atoms with Crippen LogP contribution in [0.4, 0.5) is 0 Å². The predicted octanol–water partition coefficient (Wildman–Crippen LogP) is 2.44. The van der Waals surface area contributed by atoms with Gasteiger partial charge in [-0.15, -0.1) is 0 Å². The first-order valence-electron chi connectivity index (χ1n) is 6.81. The Kier molecular flexibility index (Phi) is 5.21. The van der Waals surface area contributed by atoms with Gasteiger partial charge in [-0.2, -0.15) is 0 Å². The summed E-state index contributed by atoms with van der Waals surface area (Å²) < 4.78 is 10.6. The molecule has 4 nitrogen and oxygen atoms in total. The molecule has 19 heavy (non-hydrogen) atoms. The molecule has 1 N–H and O–H groups in total. The van der Waals surface area contributed by atoms with Gasteiger partial charge in [-0.1, -0.05) is 18.2 Å². The van der Waals surface area contributed by atoms with E-state index in [1.807, 2.05) is 24.3 Å². The topological polar surface area (TPSA) is 47.6 Å². The Hall–Kier alpha value is -1.55. The summed E-state index contributed by atoms with van der Waals surface area (Å²) in [4.78, 5) is 11.9. The summed E-state index contributed by atoms with van der Waals surface area (Å²) in [6.07, 6.45) is 3.14. The molecule has 1 amide bonds. The number of benzene rings is 1. The summed E-state index contributed by atoms with van der Waals surface area (Å²) in [7, 11) is 1.65. The SMILES string of the molecule is COCCCC(=O)NC1CCCOc2ccccc21. The van der Waals surface area contributed by atoms with E-state index in [9.17, 15) is 4.79 Å². The molecule has 1 aliphatic rings. The summed E-state index contributed by atoms with van der Waals surface area (Å²) >= 11 is 0. The first-order chi connectivity index (χ1) is 9.31. The minimum Gasteiger partial charge on any atom is -0.493 e. The van der Waals surface area contributed by atoms with Gasteiger partial charge in [0.1, 0.15) is 5.75 Å². The normalized spacial score (nSPS) is 18.1. The number of hydrogen-bond donors (Lipinski definition) is 1. The van der Waals surface area contributed by atoms with Crippen molar-refractivity contribution in [3.63, 3.8) is 0 Å². The van der Waals surface area contributed by atoms with Gasteiger partial charge in [0.25, 0.3) is 0 Å². The predicted molar refractivity (Wildman–Crippen MR) is 73.2 cm³/mol. The molecule has 0 aliphatic carbocycles. The van der Waals surface area contributed by atoms with Crippen LogP contribution in [0.5, 0.6) is 5.75 Å². The molecule has 0 radical (unpaired) electrons. The van der Waals surface area contributed by atoms with Gasteiger partial charge in [0.2, 0.25) is 5.91 Å². The standard InChI is InChI=1S/C15H21NO3/c1-18-10-5-9-15(17)16-13-7-4-11-19-14-8-3-2-6-12(13)14/h2-3,6,8,13H,4-5,7,9-11H2,1H3,(H,16,17). The van der Waals surface area contributed by atoms with Crippen molar-refractivity contribution in [2.75, 3.05) is 20.3 Å². The molecule has 0 saturated heterocycles. The second-order valence-electron chi connectivity index (χ2n) is 4.74. The summed E-state index contributed by atoms with van der Waals surface area (Å²) in [5.41, 5.74) is 1.08. The van der Waals surface area contributed by atoms with Crippen LogP contribution >= 0.6 is 0 Å². The number of hydrogen-bond acceptors (Lipinski definition) is 3. The molecule has 1 aromatic carbocycles. The Balaban J connectivity index is 1.98. The lowest BCUT2D eigenvalue weighted by Gasteiger charge is -2.18. The number of nitrogens with one attached hydrogen (secondary N) is 1. The molecular formula is C15H21NO3. The molecule has 4 heteroatoms.